The lowest BCUT2D eigenvalue weighted by atomic mass is 9.98. The second-order valence-electron chi connectivity index (χ2n) is 4.16. The molecule has 3 rings (SSSR count). The third kappa shape index (κ3) is 2.63. The van der Waals surface area contributed by atoms with Crippen LogP contribution in [-0.4, -0.2) is 4.98 Å². The smallest absolute Gasteiger partial charge is 0.219 e. The predicted molar refractivity (Wildman–Crippen MR) is 76.4 cm³/mol. The molecule has 0 saturated heterocycles. The third-order valence-corrected chi connectivity index (χ3v) is 2.89. The summed E-state index contributed by atoms with van der Waals surface area (Å²) in [7, 11) is 0. The third-order valence-electron chi connectivity index (χ3n) is 2.89. The topological polar surface area (TPSA) is 26.0 Å². The zero-order valence-electron chi connectivity index (χ0n) is 10.4. The monoisotopic (exact) mass is 247 g/mol. The molecule has 92 valence electrons. The van der Waals surface area contributed by atoms with Crippen molar-refractivity contribution < 1.29 is 4.42 Å². The minimum absolute atomic E-state index is 0.614. The fourth-order valence-electron chi connectivity index (χ4n) is 2.00. The highest BCUT2D eigenvalue weighted by atomic mass is 16.3. The maximum atomic E-state index is 5.32. The van der Waals surface area contributed by atoms with Gasteiger partial charge in [-0.3, -0.25) is 0 Å². The lowest BCUT2D eigenvalue weighted by Gasteiger charge is -2.07. The van der Waals surface area contributed by atoms with Gasteiger partial charge >= 0.3 is 0 Å². The molecule has 0 N–H and O–H groups in total. The van der Waals surface area contributed by atoms with Gasteiger partial charge in [-0.25, -0.2) is 4.98 Å². The first-order chi connectivity index (χ1) is 9.43. The highest BCUT2D eigenvalue weighted by molar-refractivity contribution is 5.89. The molecule has 0 spiro atoms. The van der Waals surface area contributed by atoms with Crippen molar-refractivity contribution in [3.8, 4) is 0 Å². The summed E-state index contributed by atoms with van der Waals surface area (Å²) in [4.78, 5) is 4.16. The second-order valence-corrected chi connectivity index (χ2v) is 4.16. The molecule has 0 radical (unpaired) electrons. The van der Waals surface area contributed by atoms with Gasteiger partial charge in [-0.2, -0.15) is 0 Å². The van der Waals surface area contributed by atoms with Crippen molar-refractivity contribution >= 4 is 11.6 Å². The largest absolute Gasteiger partial charge is 0.445 e. The van der Waals surface area contributed by atoms with Crippen LogP contribution in [0.5, 0.6) is 0 Å². The van der Waals surface area contributed by atoms with E-state index in [1.165, 1.54) is 0 Å². The standard InChI is InChI=1S/C17H13NO/c1-3-7-14(8-4-1)16(13-17-18-11-12-19-17)15-9-5-2-6-10-15/h1-13H. The minimum atomic E-state index is 0.614. The van der Waals surface area contributed by atoms with E-state index in [2.05, 4.69) is 29.2 Å². The fourth-order valence-corrected chi connectivity index (χ4v) is 2.00. The van der Waals surface area contributed by atoms with Gasteiger partial charge in [0.1, 0.15) is 6.26 Å². The van der Waals surface area contributed by atoms with Gasteiger partial charge in [-0.05, 0) is 16.7 Å². The summed E-state index contributed by atoms with van der Waals surface area (Å²) >= 11 is 0. The Hall–Kier alpha value is -2.61. The Bertz CT molecular complexity index is 614. The molecule has 2 nitrogen and oxygen atoms in total. The Labute approximate surface area is 112 Å². The van der Waals surface area contributed by atoms with Gasteiger partial charge in [0.15, 0.2) is 0 Å². The summed E-state index contributed by atoms with van der Waals surface area (Å²) in [5, 5.41) is 0. The summed E-state index contributed by atoms with van der Waals surface area (Å²) in [5.41, 5.74) is 3.39. The molecule has 0 saturated carbocycles. The first kappa shape index (κ1) is 11.5. The number of hydrogen-bond donors (Lipinski definition) is 0. The van der Waals surface area contributed by atoms with Gasteiger partial charge < -0.3 is 4.42 Å². The van der Waals surface area contributed by atoms with Crippen molar-refractivity contribution in [2.24, 2.45) is 0 Å². The average molecular weight is 247 g/mol. The van der Waals surface area contributed by atoms with Crippen LogP contribution in [0.2, 0.25) is 0 Å². The van der Waals surface area contributed by atoms with Crippen molar-refractivity contribution in [3.63, 3.8) is 0 Å². The van der Waals surface area contributed by atoms with Crippen molar-refractivity contribution in [3.05, 3.63) is 90.1 Å². The molecular weight excluding hydrogens is 234 g/mol. The molecule has 19 heavy (non-hydrogen) atoms. The summed E-state index contributed by atoms with van der Waals surface area (Å²) in [6.45, 7) is 0. The van der Waals surface area contributed by atoms with Gasteiger partial charge in [-0.15, -0.1) is 0 Å². The Morgan fingerprint density at radius 1 is 0.842 bits per heavy atom. The van der Waals surface area contributed by atoms with Gasteiger partial charge in [0, 0.05) is 6.08 Å². The zero-order valence-corrected chi connectivity index (χ0v) is 10.4. The van der Waals surface area contributed by atoms with Crippen LogP contribution in [0, 0.1) is 0 Å². The molecule has 0 fully saturated rings. The molecule has 2 aromatic carbocycles. The van der Waals surface area contributed by atoms with Crippen LogP contribution in [0.1, 0.15) is 17.0 Å². The first-order valence-electron chi connectivity index (χ1n) is 6.15. The van der Waals surface area contributed by atoms with Gasteiger partial charge in [0.05, 0.1) is 6.20 Å². The SMILES string of the molecule is C(=C(c1ccccc1)c1ccccc1)c1ncco1. The van der Waals surface area contributed by atoms with Crippen molar-refractivity contribution in [1.82, 2.24) is 4.98 Å². The van der Waals surface area contributed by atoms with Crippen LogP contribution in [0.25, 0.3) is 11.6 Å². The molecule has 0 bridgehead atoms. The first-order valence-corrected chi connectivity index (χ1v) is 6.15. The van der Waals surface area contributed by atoms with Crippen LogP contribution in [0.4, 0.5) is 0 Å². The predicted octanol–water partition coefficient (Wildman–Crippen LogP) is 4.26. The van der Waals surface area contributed by atoms with Gasteiger partial charge in [0.25, 0.3) is 0 Å². The summed E-state index contributed by atoms with van der Waals surface area (Å²) in [5.74, 6) is 0.614. The molecule has 1 heterocycles. The number of benzene rings is 2. The molecule has 0 aliphatic rings. The Morgan fingerprint density at radius 2 is 1.42 bits per heavy atom. The van der Waals surface area contributed by atoms with Crippen LogP contribution in [0.3, 0.4) is 0 Å². The number of aromatic nitrogens is 1. The maximum Gasteiger partial charge on any atom is 0.219 e. The van der Waals surface area contributed by atoms with Crippen molar-refractivity contribution in [2.45, 2.75) is 0 Å². The van der Waals surface area contributed by atoms with E-state index >= 15 is 0 Å². The number of rotatable bonds is 3. The van der Waals surface area contributed by atoms with Crippen molar-refractivity contribution in [2.75, 3.05) is 0 Å². The fraction of sp³-hybridized carbons (Fsp3) is 0. The van der Waals surface area contributed by atoms with E-state index in [0.29, 0.717) is 5.89 Å². The van der Waals surface area contributed by atoms with E-state index in [0.717, 1.165) is 16.7 Å². The molecule has 0 aliphatic heterocycles. The minimum Gasteiger partial charge on any atom is -0.445 e. The molecule has 0 amide bonds. The molecule has 0 aliphatic carbocycles. The lowest BCUT2D eigenvalue weighted by molar-refractivity contribution is 0.546. The molecule has 0 unspecified atom stereocenters. The summed E-state index contributed by atoms with van der Waals surface area (Å²) in [6, 6.07) is 20.5. The number of nitrogens with zero attached hydrogens (tertiary/aromatic N) is 1. The Balaban J connectivity index is 2.12. The quantitative estimate of drug-likeness (QED) is 0.691. The zero-order chi connectivity index (χ0) is 12.9. The van der Waals surface area contributed by atoms with E-state index in [4.69, 9.17) is 4.42 Å². The maximum absolute atomic E-state index is 5.32. The highest BCUT2D eigenvalue weighted by Gasteiger charge is 2.05. The van der Waals surface area contributed by atoms with Gasteiger partial charge in [-0.1, -0.05) is 60.7 Å². The molecule has 0 atom stereocenters. The summed E-state index contributed by atoms with van der Waals surface area (Å²) in [6.07, 6.45) is 5.20. The summed E-state index contributed by atoms with van der Waals surface area (Å²) < 4.78 is 5.32. The van der Waals surface area contributed by atoms with E-state index in [-0.39, 0.29) is 0 Å². The lowest BCUT2D eigenvalue weighted by Crippen LogP contribution is -1.87. The normalized spacial score (nSPS) is 10.1. The van der Waals surface area contributed by atoms with E-state index < -0.39 is 0 Å². The highest BCUT2D eigenvalue weighted by Crippen LogP contribution is 2.25. The number of hydrogen-bond acceptors (Lipinski definition) is 2. The van der Waals surface area contributed by atoms with Crippen LogP contribution >= 0.6 is 0 Å². The number of oxazole rings is 1. The van der Waals surface area contributed by atoms with Crippen LogP contribution in [-0.2, 0) is 0 Å². The Kier molecular flexibility index (Phi) is 3.24. The second kappa shape index (κ2) is 5.36. The van der Waals surface area contributed by atoms with Crippen LogP contribution in [0.15, 0.2) is 77.5 Å². The van der Waals surface area contributed by atoms with E-state index in [1.54, 1.807) is 12.5 Å². The average Bonchev–Trinajstić information content (AvgIpc) is 3.00. The molecule has 3 aromatic rings. The van der Waals surface area contributed by atoms with E-state index in [9.17, 15) is 0 Å². The molecule has 2 heteroatoms. The van der Waals surface area contributed by atoms with Gasteiger partial charge in [0.2, 0.25) is 5.89 Å². The van der Waals surface area contributed by atoms with Crippen molar-refractivity contribution in [1.29, 1.82) is 0 Å². The van der Waals surface area contributed by atoms with Crippen LogP contribution < -0.4 is 0 Å². The van der Waals surface area contributed by atoms with E-state index in [1.807, 2.05) is 42.5 Å². The molecule has 1 aromatic heterocycles. The Morgan fingerprint density at radius 3 is 1.89 bits per heavy atom. The molecular formula is C17H13NO.